The molecule has 0 aliphatic heterocycles. The SMILES string of the molecule is Cc1[nH]c(C2CCC(=O)CC2)nc1C(C)C. The molecule has 0 atom stereocenters. The summed E-state index contributed by atoms with van der Waals surface area (Å²) < 4.78 is 0. The summed E-state index contributed by atoms with van der Waals surface area (Å²) in [5, 5.41) is 0. The van der Waals surface area contributed by atoms with Gasteiger partial charge < -0.3 is 4.98 Å². The minimum Gasteiger partial charge on any atom is -0.346 e. The van der Waals surface area contributed by atoms with Gasteiger partial charge in [-0.3, -0.25) is 4.79 Å². The summed E-state index contributed by atoms with van der Waals surface area (Å²) >= 11 is 0. The van der Waals surface area contributed by atoms with Crippen molar-refractivity contribution in [3.05, 3.63) is 17.2 Å². The maximum Gasteiger partial charge on any atom is 0.132 e. The van der Waals surface area contributed by atoms with Crippen molar-refractivity contribution in [1.29, 1.82) is 0 Å². The Morgan fingerprint density at radius 2 is 1.94 bits per heavy atom. The van der Waals surface area contributed by atoms with E-state index in [1.165, 1.54) is 11.4 Å². The van der Waals surface area contributed by atoms with Crippen molar-refractivity contribution < 1.29 is 4.79 Å². The van der Waals surface area contributed by atoms with Crippen LogP contribution in [-0.4, -0.2) is 15.8 Å². The third-order valence-corrected chi connectivity index (χ3v) is 3.42. The van der Waals surface area contributed by atoms with Crippen LogP contribution in [0.25, 0.3) is 0 Å². The molecule has 88 valence electrons. The van der Waals surface area contributed by atoms with Crippen LogP contribution < -0.4 is 0 Å². The fourth-order valence-electron chi connectivity index (χ4n) is 2.47. The Balaban J connectivity index is 2.15. The van der Waals surface area contributed by atoms with E-state index in [9.17, 15) is 4.79 Å². The molecule has 0 bridgehead atoms. The number of hydrogen-bond acceptors (Lipinski definition) is 2. The van der Waals surface area contributed by atoms with Gasteiger partial charge in [0.2, 0.25) is 0 Å². The van der Waals surface area contributed by atoms with Crippen LogP contribution in [0.15, 0.2) is 0 Å². The second-order valence-electron chi connectivity index (χ2n) is 5.10. The molecule has 16 heavy (non-hydrogen) atoms. The minimum atomic E-state index is 0.406. The van der Waals surface area contributed by atoms with Gasteiger partial charge >= 0.3 is 0 Å². The molecule has 1 heterocycles. The van der Waals surface area contributed by atoms with E-state index in [1.807, 2.05) is 0 Å². The Morgan fingerprint density at radius 3 is 2.44 bits per heavy atom. The number of nitrogens with zero attached hydrogens (tertiary/aromatic N) is 1. The van der Waals surface area contributed by atoms with Gasteiger partial charge in [-0.2, -0.15) is 0 Å². The van der Waals surface area contributed by atoms with E-state index in [0.29, 0.717) is 17.6 Å². The number of hydrogen-bond donors (Lipinski definition) is 1. The Bertz CT molecular complexity index is 383. The molecular weight excluding hydrogens is 200 g/mol. The second-order valence-corrected chi connectivity index (χ2v) is 5.10. The number of carbonyl (C=O) groups excluding carboxylic acids is 1. The van der Waals surface area contributed by atoms with Crippen molar-refractivity contribution in [1.82, 2.24) is 9.97 Å². The van der Waals surface area contributed by atoms with Gasteiger partial charge in [-0.1, -0.05) is 13.8 Å². The molecule has 0 spiro atoms. The molecule has 1 fully saturated rings. The maximum atomic E-state index is 11.2. The molecule has 1 N–H and O–H groups in total. The standard InChI is InChI=1S/C13H20N2O/c1-8(2)12-9(3)14-13(15-12)10-4-6-11(16)7-5-10/h8,10H,4-7H2,1-3H3,(H,14,15). The fourth-order valence-corrected chi connectivity index (χ4v) is 2.47. The highest BCUT2D eigenvalue weighted by Gasteiger charge is 2.23. The monoisotopic (exact) mass is 220 g/mol. The number of rotatable bonds is 2. The summed E-state index contributed by atoms with van der Waals surface area (Å²) in [6.07, 6.45) is 3.37. The number of ketones is 1. The van der Waals surface area contributed by atoms with Gasteiger partial charge in [-0.05, 0) is 25.7 Å². The van der Waals surface area contributed by atoms with Crippen LogP contribution >= 0.6 is 0 Å². The van der Waals surface area contributed by atoms with Crippen LogP contribution in [0.1, 0.15) is 68.6 Å². The molecule has 0 aromatic carbocycles. The first-order valence-corrected chi connectivity index (χ1v) is 6.16. The van der Waals surface area contributed by atoms with Gasteiger partial charge in [-0.25, -0.2) is 4.98 Å². The van der Waals surface area contributed by atoms with E-state index >= 15 is 0 Å². The highest BCUT2D eigenvalue weighted by atomic mass is 16.1. The van der Waals surface area contributed by atoms with Crippen LogP contribution in [-0.2, 0) is 4.79 Å². The predicted octanol–water partition coefficient (Wildman–Crippen LogP) is 3.07. The first-order chi connectivity index (χ1) is 7.58. The highest BCUT2D eigenvalue weighted by Crippen LogP contribution is 2.31. The number of H-pyrrole nitrogens is 1. The van der Waals surface area contributed by atoms with Gasteiger partial charge in [0.25, 0.3) is 0 Å². The van der Waals surface area contributed by atoms with Crippen molar-refractivity contribution >= 4 is 5.78 Å². The molecule has 1 aliphatic rings. The lowest BCUT2D eigenvalue weighted by atomic mass is 9.88. The molecular formula is C13H20N2O. The maximum absolute atomic E-state index is 11.2. The van der Waals surface area contributed by atoms with Crippen molar-refractivity contribution in [2.45, 2.75) is 58.3 Å². The number of carbonyl (C=O) groups is 1. The van der Waals surface area contributed by atoms with Crippen LogP contribution in [0, 0.1) is 6.92 Å². The Labute approximate surface area is 96.7 Å². The van der Waals surface area contributed by atoms with Crippen LogP contribution in [0.4, 0.5) is 0 Å². The summed E-state index contributed by atoms with van der Waals surface area (Å²) in [5.74, 6) is 2.43. The Morgan fingerprint density at radius 1 is 1.31 bits per heavy atom. The Kier molecular flexibility index (Phi) is 3.13. The van der Waals surface area contributed by atoms with Crippen LogP contribution in [0.2, 0.25) is 0 Å². The third kappa shape index (κ3) is 2.18. The lowest BCUT2D eigenvalue weighted by Gasteiger charge is -2.18. The number of aromatic nitrogens is 2. The molecule has 1 saturated carbocycles. The zero-order valence-electron chi connectivity index (χ0n) is 10.3. The minimum absolute atomic E-state index is 0.406. The summed E-state index contributed by atoms with van der Waals surface area (Å²) in [7, 11) is 0. The average Bonchev–Trinajstić information content (AvgIpc) is 2.61. The van der Waals surface area contributed by atoms with E-state index < -0.39 is 0 Å². The third-order valence-electron chi connectivity index (χ3n) is 3.42. The highest BCUT2D eigenvalue weighted by molar-refractivity contribution is 5.79. The molecule has 1 aromatic rings. The quantitative estimate of drug-likeness (QED) is 0.832. The number of imidazole rings is 1. The molecule has 0 saturated heterocycles. The average molecular weight is 220 g/mol. The van der Waals surface area contributed by atoms with E-state index in [1.54, 1.807) is 0 Å². The molecule has 3 heteroatoms. The zero-order chi connectivity index (χ0) is 11.7. The summed E-state index contributed by atoms with van der Waals surface area (Å²) in [6, 6.07) is 0. The fraction of sp³-hybridized carbons (Fsp3) is 0.692. The van der Waals surface area contributed by atoms with Gasteiger partial charge in [0.05, 0.1) is 5.69 Å². The number of aromatic amines is 1. The molecule has 1 aromatic heterocycles. The molecule has 0 radical (unpaired) electrons. The smallest absolute Gasteiger partial charge is 0.132 e. The molecule has 1 aliphatic carbocycles. The van der Waals surface area contributed by atoms with E-state index in [4.69, 9.17) is 4.98 Å². The topological polar surface area (TPSA) is 45.8 Å². The Hall–Kier alpha value is -1.12. The van der Waals surface area contributed by atoms with E-state index in [-0.39, 0.29) is 0 Å². The predicted molar refractivity (Wildman–Crippen MR) is 63.6 cm³/mol. The normalized spacial score (nSPS) is 18.4. The van der Waals surface area contributed by atoms with Crippen LogP contribution in [0.5, 0.6) is 0 Å². The molecule has 3 nitrogen and oxygen atoms in total. The second kappa shape index (κ2) is 4.40. The van der Waals surface area contributed by atoms with Gasteiger partial charge in [-0.15, -0.1) is 0 Å². The number of aryl methyl sites for hydroxylation is 1. The lowest BCUT2D eigenvalue weighted by Crippen LogP contribution is -2.13. The lowest BCUT2D eigenvalue weighted by molar-refractivity contribution is -0.120. The van der Waals surface area contributed by atoms with Crippen molar-refractivity contribution in [2.24, 2.45) is 0 Å². The number of nitrogens with one attached hydrogen (secondary N) is 1. The summed E-state index contributed by atoms with van der Waals surface area (Å²) in [4.78, 5) is 19.3. The van der Waals surface area contributed by atoms with Crippen LogP contribution in [0.3, 0.4) is 0 Å². The summed E-state index contributed by atoms with van der Waals surface area (Å²) in [5.41, 5.74) is 2.36. The molecule has 0 unspecified atom stereocenters. The number of Topliss-reactive ketones (excluding diaryl/α,β-unsaturated/α-hetero) is 1. The zero-order valence-corrected chi connectivity index (χ0v) is 10.3. The van der Waals surface area contributed by atoms with Gasteiger partial charge in [0.15, 0.2) is 0 Å². The first kappa shape index (κ1) is 11.4. The molecule has 0 amide bonds. The van der Waals surface area contributed by atoms with E-state index in [0.717, 1.165) is 31.5 Å². The van der Waals surface area contributed by atoms with Crippen molar-refractivity contribution in [3.63, 3.8) is 0 Å². The first-order valence-electron chi connectivity index (χ1n) is 6.16. The van der Waals surface area contributed by atoms with E-state index in [2.05, 4.69) is 25.8 Å². The van der Waals surface area contributed by atoms with Crippen molar-refractivity contribution in [3.8, 4) is 0 Å². The summed E-state index contributed by atoms with van der Waals surface area (Å²) in [6.45, 7) is 6.41. The van der Waals surface area contributed by atoms with Gasteiger partial charge in [0, 0.05) is 24.5 Å². The largest absolute Gasteiger partial charge is 0.346 e. The van der Waals surface area contributed by atoms with Crippen molar-refractivity contribution in [2.75, 3.05) is 0 Å². The van der Waals surface area contributed by atoms with Gasteiger partial charge in [0.1, 0.15) is 11.6 Å². The molecule has 2 rings (SSSR count).